The molecular formula is C16H16BrNO7. The van der Waals surface area contributed by atoms with Crippen LogP contribution in [0, 0.1) is 0 Å². The molecule has 1 aliphatic heterocycles. The van der Waals surface area contributed by atoms with Crippen molar-refractivity contribution in [2.45, 2.75) is 0 Å². The van der Waals surface area contributed by atoms with Crippen LogP contribution < -0.4 is 4.90 Å². The molecule has 0 unspecified atom stereocenters. The smallest absolute Gasteiger partial charge is 0.355 e. The fraction of sp³-hybridized carbons (Fsp3) is 0.312. The van der Waals surface area contributed by atoms with E-state index in [2.05, 4.69) is 15.9 Å². The number of ether oxygens (including phenoxy) is 4. The summed E-state index contributed by atoms with van der Waals surface area (Å²) in [5.74, 6) is -2.07. The zero-order valence-electron chi connectivity index (χ0n) is 13.8. The van der Waals surface area contributed by atoms with Crippen LogP contribution in [0.15, 0.2) is 33.9 Å². The summed E-state index contributed by atoms with van der Waals surface area (Å²) in [5.41, 5.74) is 0.469. The molecule has 1 aromatic rings. The lowest BCUT2D eigenvalue weighted by Gasteiger charge is -2.32. The fourth-order valence-corrected chi connectivity index (χ4v) is 2.71. The largest absolute Gasteiger partial charge is 0.466 e. The summed E-state index contributed by atoms with van der Waals surface area (Å²) in [6.07, 6.45) is 0. The van der Waals surface area contributed by atoms with Crippen LogP contribution in [0.4, 0.5) is 5.69 Å². The molecule has 1 aromatic carbocycles. The average Bonchev–Trinajstić information content (AvgIpc) is 2.65. The van der Waals surface area contributed by atoms with Crippen molar-refractivity contribution in [3.63, 3.8) is 0 Å². The molecule has 2 rings (SSSR count). The number of methoxy groups -OCH3 is 3. The van der Waals surface area contributed by atoms with Gasteiger partial charge in [0.05, 0.1) is 44.8 Å². The Morgan fingerprint density at radius 2 is 1.68 bits per heavy atom. The van der Waals surface area contributed by atoms with Crippen LogP contribution in [0.1, 0.15) is 10.4 Å². The molecule has 0 N–H and O–H groups in total. The Hall–Kier alpha value is -2.39. The van der Waals surface area contributed by atoms with E-state index in [0.29, 0.717) is 10.2 Å². The van der Waals surface area contributed by atoms with Gasteiger partial charge in [-0.05, 0) is 18.2 Å². The van der Waals surface area contributed by atoms with Gasteiger partial charge in [-0.2, -0.15) is 0 Å². The number of anilines is 1. The Balaban J connectivity index is 2.66. The predicted molar refractivity (Wildman–Crippen MR) is 89.8 cm³/mol. The first-order valence-corrected chi connectivity index (χ1v) is 7.86. The van der Waals surface area contributed by atoms with Gasteiger partial charge in [0.25, 0.3) is 0 Å². The Morgan fingerprint density at radius 1 is 1.04 bits per heavy atom. The van der Waals surface area contributed by atoms with E-state index in [1.165, 1.54) is 26.2 Å². The van der Waals surface area contributed by atoms with E-state index in [-0.39, 0.29) is 30.2 Å². The standard InChI is InChI=1S/C16H16BrNO7/c1-22-14(19)10-6-9(17)4-5-12(10)18-8-25-7-11(15(20)23-2)13(18)16(21)24-3/h4-6H,7-8H2,1-3H3. The lowest BCUT2D eigenvalue weighted by atomic mass is 10.1. The normalized spacial score (nSPS) is 14.2. The van der Waals surface area contributed by atoms with E-state index in [4.69, 9.17) is 18.9 Å². The first-order valence-electron chi connectivity index (χ1n) is 7.07. The van der Waals surface area contributed by atoms with Gasteiger partial charge < -0.3 is 23.8 Å². The van der Waals surface area contributed by atoms with Crippen molar-refractivity contribution in [2.24, 2.45) is 0 Å². The van der Waals surface area contributed by atoms with Crippen LogP contribution in [-0.4, -0.2) is 52.6 Å². The number of carbonyl (C=O) groups excluding carboxylic acids is 3. The van der Waals surface area contributed by atoms with E-state index in [9.17, 15) is 14.4 Å². The first kappa shape index (κ1) is 18.9. The number of carbonyl (C=O) groups is 3. The summed E-state index contributed by atoms with van der Waals surface area (Å²) in [4.78, 5) is 37.8. The zero-order chi connectivity index (χ0) is 18.6. The van der Waals surface area contributed by atoms with E-state index in [1.807, 2.05) is 0 Å². The molecule has 0 saturated carbocycles. The first-order chi connectivity index (χ1) is 11.9. The number of hydrogen-bond donors (Lipinski definition) is 0. The van der Waals surface area contributed by atoms with Crippen molar-refractivity contribution < 1.29 is 33.3 Å². The summed E-state index contributed by atoms with van der Waals surface area (Å²) < 4.78 is 20.3. The molecule has 0 aliphatic carbocycles. The third-order valence-corrected chi connectivity index (χ3v) is 3.98. The monoisotopic (exact) mass is 413 g/mol. The van der Waals surface area contributed by atoms with Crippen molar-refractivity contribution in [1.82, 2.24) is 0 Å². The van der Waals surface area contributed by atoms with Crippen molar-refractivity contribution in [1.29, 1.82) is 0 Å². The van der Waals surface area contributed by atoms with Crippen LogP contribution in [0.3, 0.4) is 0 Å². The minimum Gasteiger partial charge on any atom is -0.466 e. The number of rotatable bonds is 4. The summed E-state index contributed by atoms with van der Waals surface area (Å²) in [6.45, 7) is -0.172. The summed E-state index contributed by atoms with van der Waals surface area (Å²) in [7, 11) is 3.64. The maximum atomic E-state index is 12.3. The Kier molecular flexibility index (Phi) is 6.16. The SMILES string of the molecule is COC(=O)C1=C(C(=O)OC)N(c2ccc(Br)cc2C(=O)OC)COC1. The molecule has 0 saturated heterocycles. The maximum absolute atomic E-state index is 12.3. The van der Waals surface area contributed by atoms with Gasteiger partial charge in [0, 0.05) is 4.47 Å². The lowest BCUT2D eigenvalue weighted by molar-refractivity contribution is -0.140. The van der Waals surface area contributed by atoms with Crippen molar-refractivity contribution in [2.75, 3.05) is 39.6 Å². The number of benzene rings is 1. The van der Waals surface area contributed by atoms with Gasteiger partial charge >= 0.3 is 17.9 Å². The topological polar surface area (TPSA) is 91.4 Å². The number of halogens is 1. The van der Waals surface area contributed by atoms with E-state index >= 15 is 0 Å². The van der Waals surface area contributed by atoms with Crippen LogP contribution in [0.5, 0.6) is 0 Å². The van der Waals surface area contributed by atoms with Crippen molar-refractivity contribution in [3.05, 3.63) is 39.5 Å². The van der Waals surface area contributed by atoms with Crippen LogP contribution in [0.25, 0.3) is 0 Å². The molecule has 0 spiro atoms. The van der Waals surface area contributed by atoms with Crippen LogP contribution in [0.2, 0.25) is 0 Å². The van der Waals surface area contributed by atoms with Gasteiger partial charge in [-0.1, -0.05) is 15.9 Å². The molecule has 0 aromatic heterocycles. The highest BCUT2D eigenvalue weighted by Gasteiger charge is 2.34. The van der Waals surface area contributed by atoms with E-state index in [0.717, 1.165) is 0 Å². The molecule has 9 heteroatoms. The third-order valence-electron chi connectivity index (χ3n) is 3.49. The minimum absolute atomic E-state index is 0.000616. The zero-order valence-corrected chi connectivity index (χ0v) is 15.4. The predicted octanol–water partition coefficient (Wildman–Crippen LogP) is 1.63. The minimum atomic E-state index is -0.748. The number of esters is 3. The van der Waals surface area contributed by atoms with Gasteiger partial charge in [-0.25, -0.2) is 14.4 Å². The van der Waals surface area contributed by atoms with E-state index in [1.54, 1.807) is 18.2 Å². The third kappa shape index (κ3) is 3.83. The molecule has 0 amide bonds. The molecule has 0 fully saturated rings. The van der Waals surface area contributed by atoms with E-state index < -0.39 is 17.9 Å². The molecule has 1 aliphatic rings. The molecule has 0 radical (unpaired) electrons. The Labute approximate surface area is 152 Å². The number of hydrogen-bond acceptors (Lipinski definition) is 8. The average molecular weight is 414 g/mol. The molecule has 1 heterocycles. The van der Waals surface area contributed by atoms with Gasteiger partial charge in [-0.15, -0.1) is 0 Å². The fourth-order valence-electron chi connectivity index (χ4n) is 2.35. The Bertz CT molecular complexity index is 744. The lowest BCUT2D eigenvalue weighted by Crippen LogP contribution is -2.39. The highest BCUT2D eigenvalue weighted by Crippen LogP contribution is 2.31. The van der Waals surface area contributed by atoms with Gasteiger partial charge in [0.2, 0.25) is 0 Å². The molecule has 0 bridgehead atoms. The molecular weight excluding hydrogens is 398 g/mol. The second kappa shape index (κ2) is 8.13. The molecule has 8 nitrogen and oxygen atoms in total. The van der Waals surface area contributed by atoms with Crippen LogP contribution >= 0.6 is 15.9 Å². The van der Waals surface area contributed by atoms with Crippen molar-refractivity contribution in [3.8, 4) is 0 Å². The highest BCUT2D eigenvalue weighted by atomic mass is 79.9. The number of nitrogens with zero attached hydrogens (tertiary/aromatic N) is 1. The second-order valence-corrected chi connectivity index (χ2v) is 5.78. The molecule has 25 heavy (non-hydrogen) atoms. The maximum Gasteiger partial charge on any atom is 0.355 e. The van der Waals surface area contributed by atoms with Gasteiger partial charge in [-0.3, -0.25) is 0 Å². The summed E-state index contributed by atoms with van der Waals surface area (Å²) in [5, 5.41) is 0. The van der Waals surface area contributed by atoms with Gasteiger partial charge in [0.1, 0.15) is 12.4 Å². The Morgan fingerprint density at radius 3 is 2.28 bits per heavy atom. The van der Waals surface area contributed by atoms with Gasteiger partial charge in [0.15, 0.2) is 0 Å². The van der Waals surface area contributed by atoms with Crippen molar-refractivity contribution >= 4 is 39.5 Å². The highest BCUT2D eigenvalue weighted by molar-refractivity contribution is 9.10. The molecule has 0 atom stereocenters. The summed E-state index contributed by atoms with van der Waals surface area (Å²) >= 11 is 3.29. The second-order valence-electron chi connectivity index (χ2n) is 4.87. The summed E-state index contributed by atoms with van der Waals surface area (Å²) in [6, 6.07) is 4.83. The van der Waals surface area contributed by atoms with Crippen LogP contribution in [-0.2, 0) is 28.5 Å². The molecule has 134 valence electrons. The quantitative estimate of drug-likeness (QED) is 0.543.